The highest BCUT2D eigenvalue weighted by Gasteiger charge is 2.18. The van der Waals surface area contributed by atoms with Gasteiger partial charge in [0.05, 0.1) is 0 Å². The lowest BCUT2D eigenvalue weighted by Gasteiger charge is -2.08. The quantitative estimate of drug-likeness (QED) is 0.230. The Kier molecular flexibility index (Phi) is 8.66. The molecule has 0 fully saturated rings. The number of pyridine rings is 2. The molecule has 0 aliphatic heterocycles. The summed E-state index contributed by atoms with van der Waals surface area (Å²) in [6.07, 6.45) is 6.86. The van der Waals surface area contributed by atoms with Crippen molar-refractivity contribution in [2.24, 2.45) is 0 Å². The second-order valence-corrected chi connectivity index (χ2v) is 7.89. The van der Waals surface area contributed by atoms with Crippen LogP contribution in [0.4, 0.5) is 8.78 Å². The largest absolute Gasteiger partial charge is 0.294 e. The first-order chi connectivity index (χ1) is 15.9. The van der Waals surface area contributed by atoms with Crippen molar-refractivity contribution in [3.05, 3.63) is 131 Å². The van der Waals surface area contributed by atoms with Crippen molar-refractivity contribution in [1.29, 1.82) is 0 Å². The van der Waals surface area contributed by atoms with Gasteiger partial charge in [0.15, 0.2) is 11.6 Å². The van der Waals surface area contributed by atoms with Crippen molar-refractivity contribution in [3.8, 4) is 0 Å². The molecule has 0 bridgehead atoms. The molecule has 1 unspecified atom stereocenters. The van der Waals surface area contributed by atoms with Crippen molar-refractivity contribution in [2.45, 2.75) is 11.2 Å². The topological polar surface area (TPSA) is 59.9 Å². The third-order valence-corrected chi connectivity index (χ3v) is 5.58. The average molecular weight is 509 g/mol. The Bertz CT molecular complexity index is 1190. The second-order valence-electron chi connectivity index (χ2n) is 6.98. The molecule has 0 saturated carbocycles. The van der Waals surface area contributed by atoms with Gasteiger partial charge in [-0.2, -0.15) is 0 Å². The van der Waals surface area contributed by atoms with Gasteiger partial charge in [-0.05, 0) is 83.9 Å². The van der Waals surface area contributed by atoms with Gasteiger partial charge in [-0.15, -0.1) is 0 Å². The summed E-state index contributed by atoms with van der Waals surface area (Å²) >= 11 is 3.34. The molecular weight excluding hydrogens is 490 g/mol. The van der Waals surface area contributed by atoms with Crippen LogP contribution in [0.5, 0.6) is 0 Å². The minimum absolute atomic E-state index is 0.0220. The summed E-state index contributed by atoms with van der Waals surface area (Å²) in [5.41, 5.74) is 2.74. The standard InChI is InChI=1S/C13H9BrFNO.C13H10FNO/c14-12(9-5-7-16-8-6-9)13(17)10-1-3-11(15)4-2-10;14-12-3-1-11(2-4-12)13(16)9-10-5-7-15-8-6-10/h1-8,12H;1-8H,9H2. The van der Waals surface area contributed by atoms with E-state index in [0.717, 1.165) is 11.1 Å². The van der Waals surface area contributed by atoms with Crippen LogP contribution < -0.4 is 0 Å². The van der Waals surface area contributed by atoms with E-state index in [4.69, 9.17) is 0 Å². The molecule has 1 atom stereocenters. The summed E-state index contributed by atoms with van der Waals surface area (Å²) < 4.78 is 25.4. The SMILES string of the molecule is O=C(Cc1ccncc1)c1ccc(F)cc1.O=C(c1ccc(F)cc1)C(Br)c1ccncc1. The summed E-state index contributed by atoms with van der Waals surface area (Å²) in [5.74, 6) is -0.806. The Hall–Kier alpha value is -3.58. The second kappa shape index (κ2) is 11.9. The number of hydrogen-bond acceptors (Lipinski definition) is 4. The molecule has 0 amide bonds. The molecule has 166 valence electrons. The van der Waals surface area contributed by atoms with E-state index >= 15 is 0 Å². The Morgan fingerprint density at radius 3 is 1.67 bits per heavy atom. The first-order valence-corrected chi connectivity index (χ1v) is 10.9. The predicted molar refractivity (Wildman–Crippen MR) is 125 cm³/mol. The zero-order valence-corrected chi connectivity index (χ0v) is 19.0. The number of alkyl halides is 1. The maximum absolute atomic E-state index is 12.7. The average Bonchev–Trinajstić information content (AvgIpc) is 2.85. The number of halogens is 3. The molecule has 0 saturated heterocycles. The summed E-state index contributed by atoms with van der Waals surface area (Å²) in [7, 11) is 0. The van der Waals surface area contributed by atoms with Crippen LogP contribution in [0.15, 0.2) is 97.6 Å². The Morgan fingerprint density at radius 1 is 0.697 bits per heavy atom. The summed E-state index contributed by atoms with van der Waals surface area (Å²) in [6, 6.07) is 18.2. The fourth-order valence-corrected chi connectivity index (χ4v) is 3.44. The molecule has 2 heterocycles. The molecule has 2 aromatic heterocycles. The normalized spacial score (nSPS) is 11.1. The fraction of sp³-hybridized carbons (Fsp3) is 0.0769. The fourth-order valence-electron chi connectivity index (χ4n) is 2.87. The van der Waals surface area contributed by atoms with Crippen LogP contribution in [0.2, 0.25) is 0 Å². The number of ketones is 2. The predicted octanol–water partition coefficient (Wildman–Crippen LogP) is 6.19. The number of rotatable bonds is 6. The number of aromatic nitrogens is 2. The first kappa shape index (κ1) is 24.1. The van der Waals surface area contributed by atoms with Crippen LogP contribution in [-0.2, 0) is 6.42 Å². The molecule has 7 heteroatoms. The van der Waals surface area contributed by atoms with Gasteiger partial charge in [-0.3, -0.25) is 19.6 Å². The van der Waals surface area contributed by atoms with E-state index < -0.39 is 4.83 Å². The number of carbonyl (C=O) groups is 2. The number of Topliss-reactive ketones (excluding diaryl/α,β-unsaturated/α-hetero) is 2. The van der Waals surface area contributed by atoms with Gasteiger partial charge in [0.25, 0.3) is 0 Å². The molecule has 33 heavy (non-hydrogen) atoms. The van der Waals surface area contributed by atoms with Gasteiger partial charge >= 0.3 is 0 Å². The molecule has 0 radical (unpaired) electrons. The van der Waals surface area contributed by atoms with Crippen molar-refractivity contribution in [2.75, 3.05) is 0 Å². The summed E-state index contributed by atoms with van der Waals surface area (Å²) in [6.45, 7) is 0. The first-order valence-electron chi connectivity index (χ1n) is 9.95. The third kappa shape index (κ3) is 7.22. The van der Waals surface area contributed by atoms with Crippen LogP contribution in [0, 0.1) is 11.6 Å². The number of nitrogens with zero attached hydrogens (tertiary/aromatic N) is 2. The van der Waals surface area contributed by atoms with E-state index in [9.17, 15) is 18.4 Å². The lowest BCUT2D eigenvalue weighted by atomic mass is 10.0. The van der Waals surface area contributed by atoms with Crippen molar-refractivity contribution >= 4 is 27.5 Å². The monoisotopic (exact) mass is 508 g/mol. The Morgan fingerprint density at radius 2 is 1.15 bits per heavy atom. The molecule has 0 aliphatic carbocycles. The van der Waals surface area contributed by atoms with Crippen LogP contribution in [0.1, 0.15) is 36.7 Å². The maximum atomic E-state index is 12.7. The molecule has 2 aromatic carbocycles. The van der Waals surface area contributed by atoms with E-state index in [-0.39, 0.29) is 23.2 Å². The smallest absolute Gasteiger partial charge is 0.180 e. The van der Waals surface area contributed by atoms with Crippen molar-refractivity contribution in [1.82, 2.24) is 9.97 Å². The molecule has 0 spiro atoms. The lowest BCUT2D eigenvalue weighted by molar-refractivity contribution is 0.0984. The van der Waals surface area contributed by atoms with Crippen LogP contribution in [0.3, 0.4) is 0 Å². The zero-order chi connectivity index (χ0) is 23.6. The van der Waals surface area contributed by atoms with Gasteiger partial charge in [-0.1, -0.05) is 15.9 Å². The zero-order valence-electron chi connectivity index (χ0n) is 17.4. The number of benzene rings is 2. The lowest BCUT2D eigenvalue weighted by Crippen LogP contribution is -2.07. The number of hydrogen-bond donors (Lipinski definition) is 0. The van der Waals surface area contributed by atoms with Gasteiger partial charge in [0.1, 0.15) is 16.5 Å². The van der Waals surface area contributed by atoms with Gasteiger partial charge in [0, 0.05) is 42.3 Å². The van der Waals surface area contributed by atoms with Crippen LogP contribution >= 0.6 is 15.9 Å². The Labute approximate surface area is 198 Å². The van der Waals surface area contributed by atoms with Crippen LogP contribution in [0.25, 0.3) is 0 Å². The molecule has 0 aliphatic rings. The van der Waals surface area contributed by atoms with Crippen molar-refractivity contribution < 1.29 is 18.4 Å². The maximum Gasteiger partial charge on any atom is 0.180 e. The van der Waals surface area contributed by atoms with E-state index in [2.05, 4.69) is 25.9 Å². The van der Waals surface area contributed by atoms with Gasteiger partial charge < -0.3 is 0 Å². The van der Waals surface area contributed by atoms with Crippen molar-refractivity contribution in [3.63, 3.8) is 0 Å². The van der Waals surface area contributed by atoms with E-state index in [1.54, 1.807) is 49.1 Å². The molecule has 4 rings (SSSR count). The number of carbonyl (C=O) groups excluding carboxylic acids is 2. The van der Waals surface area contributed by atoms with Gasteiger partial charge in [-0.25, -0.2) is 8.78 Å². The molecule has 4 nitrogen and oxygen atoms in total. The van der Waals surface area contributed by atoms with Crippen LogP contribution in [-0.4, -0.2) is 21.5 Å². The van der Waals surface area contributed by atoms with E-state index in [1.165, 1.54) is 48.5 Å². The van der Waals surface area contributed by atoms with E-state index in [0.29, 0.717) is 17.5 Å². The molecule has 4 aromatic rings. The molecular formula is C26H19BrF2N2O2. The molecule has 0 N–H and O–H groups in total. The summed E-state index contributed by atoms with van der Waals surface area (Å²) in [5, 5.41) is 0. The van der Waals surface area contributed by atoms with E-state index in [1.807, 2.05) is 0 Å². The highest BCUT2D eigenvalue weighted by Crippen LogP contribution is 2.26. The highest BCUT2D eigenvalue weighted by molar-refractivity contribution is 9.09. The van der Waals surface area contributed by atoms with Gasteiger partial charge in [0.2, 0.25) is 0 Å². The third-order valence-electron chi connectivity index (χ3n) is 4.64. The minimum Gasteiger partial charge on any atom is -0.294 e. The summed E-state index contributed by atoms with van der Waals surface area (Å²) in [4.78, 5) is 31.2. The highest BCUT2D eigenvalue weighted by atomic mass is 79.9. The Balaban J connectivity index is 0.000000186. The minimum atomic E-state index is -0.434.